The lowest BCUT2D eigenvalue weighted by Gasteiger charge is -2.12. The summed E-state index contributed by atoms with van der Waals surface area (Å²) in [6, 6.07) is 3.89. The van der Waals surface area contributed by atoms with Gasteiger partial charge in [0.2, 0.25) is 5.88 Å². The first-order valence-corrected chi connectivity index (χ1v) is 9.04. The number of fused-ring (bicyclic) bond motifs is 3. The highest BCUT2D eigenvalue weighted by molar-refractivity contribution is 7.18. The topological polar surface area (TPSA) is 47.9 Å². The monoisotopic (exact) mass is 325 g/mol. The van der Waals surface area contributed by atoms with Gasteiger partial charge >= 0.3 is 0 Å². The molecule has 0 aromatic carbocycles. The third-order valence-electron chi connectivity index (χ3n) is 4.16. The Morgan fingerprint density at radius 3 is 2.78 bits per heavy atom. The molecule has 0 saturated heterocycles. The van der Waals surface area contributed by atoms with E-state index in [9.17, 15) is 0 Å². The van der Waals surface area contributed by atoms with Gasteiger partial charge in [0, 0.05) is 22.8 Å². The average Bonchev–Trinajstić information content (AvgIpc) is 2.99. The van der Waals surface area contributed by atoms with E-state index in [0.717, 1.165) is 46.7 Å². The van der Waals surface area contributed by atoms with Gasteiger partial charge < -0.3 is 4.74 Å². The summed E-state index contributed by atoms with van der Waals surface area (Å²) in [5.41, 5.74) is 2.40. The SMILES string of the molecule is CCCOc1nc(-c2ccncc2)nc2sc3c(c12)CCCC3. The van der Waals surface area contributed by atoms with Gasteiger partial charge in [0.15, 0.2) is 5.82 Å². The third-order valence-corrected chi connectivity index (χ3v) is 5.35. The summed E-state index contributed by atoms with van der Waals surface area (Å²) in [4.78, 5) is 16.2. The fourth-order valence-corrected chi connectivity index (χ4v) is 4.31. The largest absolute Gasteiger partial charge is 0.477 e. The standard InChI is InChI=1S/C18H19N3OS/c1-2-11-22-17-15-13-5-3-4-6-14(13)23-18(15)21-16(20-17)12-7-9-19-10-8-12/h7-10H,2-6,11H2,1H3. The highest BCUT2D eigenvalue weighted by Gasteiger charge is 2.22. The maximum absolute atomic E-state index is 5.99. The van der Waals surface area contributed by atoms with Crippen LogP contribution in [0.1, 0.15) is 36.6 Å². The van der Waals surface area contributed by atoms with E-state index < -0.39 is 0 Å². The minimum absolute atomic E-state index is 0.687. The van der Waals surface area contributed by atoms with Crippen molar-refractivity contribution in [3.05, 3.63) is 35.0 Å². The van der Waals surface area contributed by atoms with Gasteiger partial charge in [0.25, 0.3) is 0 Å². The zero-order valence-electron chi connectivity index (χ0n) is 13.2. The molecule has 0 N–H and O–H groups in total. The molecule has 5 heteroatoms. The summed E-state index contributed by atoms with van der Waals surface area (Å²) < 4.78 is 5.99. The molecule has 4 nitrogen and oxygen atoms in total. The van der Waals surface area contributed by atoms with Crippen molar-refractivity contribution in [2.45, 2.75) is 39.0 Å². The molecule has 1 aliphatic rings. The maximum atomic E-state index is 5.99. The molecule has 4 rings (SSSR count). The minimum atomic E-state index is 0.687. The van der Waals surface area contributed by atoms with Crippen LogP contribution in [0.4, 0.5) is 0 Å². The molecule has 3 heterocycles. The van der Waals surface area contributed by atoms with Crippen LogP contribution in [-0.4, -0.2) is 21.6 Å². The van der Waals surface area contributed by atoms with E-state index in [-0.39, 0.29) is 0 Å². The van der Waals surface area contributed by atoms with Crippen LogP contribution in [-0.2, 0) is 12.8 Å². The Labute approximate surface area is 139 Å². The quantitative estimate of drug-likeness (QED) is 0.712. The van der Waals surface area contributed by atoms with Crippen LogP contribution in [0.25, 0.3) is 21.6 Å². The zero-order chi connectivity index (χ0) is 15.6. The Hall–Kier alpha value is -2.01. The maximum Gasteiger partial charge on any atom is 0.226 e. The molecule has 23 heavy (non-hydrogen) atoms. The lowest BCUT2D eigenvalue weighted by molar-refractivity contribution is 0.309. The predicted molar refractivity (Wildman–Crippen MR) is 93.1 cm³/mol. The van der Waals surface area contributed by atoms with Crippen LogP contribution < -0.4 is 4.74 Å². The smallest absolute Gasteiger partial charge is 0.226 e. The van der Waals surface area contributed by atoms with Crippen LogP contribution in [0.15, 0.2) is 24.5 Å². The van der Waals surface area contributed by atoms with E-state index in [4.69, 9.17) is 14.7 Å². The molecule has 0 radical (unpaired) electrons. The fraction of sp³-hybridized carbons (Fsp3) is 0.389. The first-order chi connectivity index (χ1) is 11.4. The molecular weight excluding hydrogens is 306 g/mol. The van der Waals surface area contributed by atoms with E-state index in [1.54, 1.807) is 12.4 Å². The molecule has 118 valence electrons. The number of aryl methyl sites for hydroxylation is 2. The Bertz CT molecular complexity index is 829. The summed E-state index contributed by atoms with van der Waals surface area (Å²) >= 11 is 1.81. The number of thiophene rings is 1. The first kappa shape index (κ1) is 14.6. The summed E-state index contributed by atoms with van der Waals surface area (Å²) in [6.45, 7) is 2.80. The molecule has 3 aromatic heterocycles. The lowest BCUT2D eigenvalue weighted by atomic mass is 9.97. The molecule has 1 aliphatic carbocycles. The molecule has 0 amide bonds. The van der Waals surface area contributed by atoms with Gasteiger partial charge in [-0.25, -0.2) is 4.98 Å². The Kier molecular flexibility index (Phi) is 3.95. The lowest BCUT2D eigenvalue weighted by Crippen LogP contribution is -2.03. The van der Waals surface area contributed by atoms with E-state index in [1.807, 2.05) is 23.5 Å². The van der Waals surface area contributed by atoms with Gasteiger partial charge in [-0.05, 0) is 49.8 Å². The third kappa shape index (κ3) is 2.70. The predicted octanol–water partition coefficient (Wildman–Crippen LogP) is 4.42. The van der Waals surface area contributed by atoms with Gasteiger partial charge in [0.05, 0.1) is 12.0 Å². The first-order valence-electron chi connectivity index (χ1n) is 8.22. The van der Waals surface area contributed by atoms with Crippen LogP contribution >= 0.6 is 11.3 Å². The number of hydrogen-bond donors (Lipinski definition) is 0. The molecule has 0 spiro atoms. The Balaban J connectivity index is 1.90. The van der Waals surface area contributed by atoms with E-state index in [1.165, 1.54) is 23.3 Å². The molecule has 0 saturated carbocycles. The van der Waals surface area contributed by atoms with Crippen molar-refractivity contribution >= 4 is 21.6 Å². The molecule has 0 unspecified atom stereocenters. The van der Waals surface area contributed by atoms with Gasteiger partial charge in [-0.3, -0.25) is 4.98 Å². The second kappa shape index (κ2) is 6.24. The highest BCUT2D eigenvalue weighted by Crippen LogP contribution is 2.40. The Morgan fingerprint density at radius 2 is 1.96 bits per heavy atom. The molecular formula is C18H19N3OS. The van der Waals surface area contributed by atoms with E-state index in [0.29, 0.717) is 6.61 Å². The number of ether oxygens (including phenoxy) is 1. The number of nitrogens with zero attached hydrogens (tertiary/aromatic N) is 3. The molecule has 0 atom stereocenters. The van der Waals surface area contributed by atoms with Crippen LogP contribution in [0.2, 0.25) is 0 Å². The molecule has 0 bridgehead atoms. The summed E-state index contributed by atoms with van der Waals surface area (Å²) in [5, 5.41) is 1.15. The van der Waals surface area contributed by atoms with Crippen LogP contribution in [0, 0.1) is 0 Å². The summed E-state index contributed by atoms with van der Waals surface area (Å²) in [7, 11) is 0. The minimum Gasteiger partial charge on any atom is -0.477 e. The van der Waals surface area contributed by atoms with Crippen molar-refractivity contribution in [3.63, 3.8) is 0 Å². The Morgan fingerprint density at radius 1 is 1.13 bits per heavy atom. The van der Waals surface area contributed by atoms with Crippen molar-refractivity contribution in [3.8, 4) is 17.3 Å². The summed E-state index contributed by atoms with van der Waals surface area (Å²) in [6.07, 6.45) is 9.32. The second-order valence-corrected chi connectivity index (χ2v) is 6.91. The average molecular weight is 325 g/mol. The van der Waals surface area contributed by atoms with Gasteiger partial charge in [-0.1, -0.05) is 6.92 Å². The van der Waals surface area contributed by atoms with Gasteiger partial charge in [-0.15, -0.1) is 11.3 Å². The number of aromatic nitrogens is 3. The number of rotatable bonds is 4. The van der Waals surface area contributed by atoms with Crippen molar-refractivity contribution in [1.29, 1.82) is 0 Å². The second-order valence-electron chi connectivity index (χ2n) is 5.83. The van der Waals surface area contributed by atoms with Crippen LogP contribution in [0.5, 0.6) is 5.88 Å². The summed E-state index contributed by atoms with van der Waals surface area (Å²) in [5.74, 6) is 1.48. The molecule has 0 aliphatic heterocycles. The van der Waals surface area contributed by atoms with Crippen molar-refractivity contribution in [1.82, 2.24) is 15.0 Å². The number of hydrogen-bond acceptors (Lipinski definition) is 5. The van der Waals surface area contributed by atoms with Gasteiger partial charge in [-0.2, -0.15) is 4.98 Å². The molecule has 3 aromatic rings. The highest BCUT2D eigenvalue weighted by atomic mass is 32.1. The van der Waals surface area contributed by atoms with Crippen molar-refractivity contribution < 1.29 is 4.74 Å². The van der Waals surface area contributed by atoms with E-state index in [2.05, 4.69) is 11.9 Å². The fourth-order valence-electron chi connectivity index (χ4n) is 3.06. The molecule has 0 fully saturated rings. The van der Waals surface area contributed by atoms with Gasteiger partial charge in [0.1, 0.15) is 4.83 Å². The van der Waals surface area contributed by atoms with E-state index >= 15 is 0 Å². The van der Waals surface area contributed by atoms with Crippen LogP contribution in [0.3, 0.4) is 0 Å². The van der Waals surface area contributed by atoms with Crippen molar-refractivity contribution in [2.75, 3.05) is 6.61 Å². The zero-order valence-corrected chi connectivity index (χ0v) is 14.0. The normalized spacial score (nSPS) is 14.0. The van der Waals surface area contributed by atoms with Crippen molar-refractivity contribution in [2.24, 2.45) is 0 Å². The number of pyridine rings is 1.